The van der Waals surface area contributed by atoms with Crippen molar-refractivity contribution in [1.82, 2.24) is 0 Å². The van der Waals surface area contributed by atoms with Gasteiger partial charge in [0.2, 0.25) is 0 Å². The van der Waals surface area contributed by atoms with E-state index in [0.717, 1.165) is 24.3 Å². The van der Waals surface area contributed by atoms with Crippen LogP contribution in [0.4, 0.5) is 0 Å². The van der Waals surface area contributed by atoms with Crippen LogP contribution in [0, 0.1) is 17.8 Å². The van der Waals surface area contributed by atoms with Crippen molar-refractivity contribution in [2.24, 2.45) is 23.5 Å². The van der Waals surface area contributed by atoms with Crippen LogP contribution >= 0.6 is 0 Å². The molecule has 3 atom stereocenters. The van der Waals surface area contributed by atoms with E-state index >= 15 is 0 Å². The second-order valence-electron chi connectivity index (χ2n) is 6.58. The van der Waals surface area contributed by atoms with Crippen LogP contribution in [-0.2, 0) is 0 Å². The average molecular weight is 253 g/mol. The molecule has 0 aromatic carbocycles. The third kappa shape index (κ3) is 6.22. The van der Waals surface area contributed by atoms with Gasteiger partial charge in [-0.05, 0) is 37.1 Å². The second-order valence-corrected chi connectivity index (χ2v) is 6.58. The summed E-state index contributed by atoms with van der Waals surface area (Å²) < 4.78 is 0. The molecule has 2 N–H and O–H groups in total. The van der Waals surface area contributed by atoms with Crippen LogP contribution in [0.3, 0.4) is 0 Å². The summed E-state index contributed by atoms with van der Waals surface area (Å²) in [4.78, 5) is 0. The fourth-order valence-electron chi connectivity index (χ4n) is 3.59. The largest absolute Gasteiger partial charge is 0.330 e. The van der Waals surface area contributed by atoms with E-state index < -0.39 is 0 Å². The maximum absolute atomic E-state index is 5.92. The standard InChI is InChI=1S/C17H35N/c1-3-4-5-6-7-8-9-10-16-13-15(2)11-12-17(16)14-18/h15-17H,3-14,18H2,1-2H3. The maximum Gasteiger partial charge on any atom is -0.00462 e. The average Bonchev–Trinajstić information content (AvgIpc) is 2.38. The molecular formula is C17H35N. The SMILES string of the molecule is CCCCCCCCCC1CC(C)CCC1CN. The van der Waals surface area contributed by atoms with E-state index in [1.807, 2.05) is 0 Å². The molecule has 0 aliphatic heterocycles. The number of rotatable bonds is 9. The summed E-state index contributed by atoms with van der Waals surface area (Å²) in [5, 5.41) is 0. The van der Waals surface area contributed by atoms with Crippen molar-refractivity contribution in [3.8, 4) is 0 Å². The smallest absolute Gasteiger partial charge is 0.00462 e. The molecule has 0 saturated heterocycles. The molecule has 1 rings (SSSR count). The lowest BCUT2D eigenvalue weighted by Crippen LogP contribution is -2.29. The first-order valence-corrected chi connectivity index (χ1v) is 8.48. The van der Waals surface area contributed by atoms with Crippen molar-refractivity contribution in [3.05, 3.63) is 0 Å². The van der Waals surface area contributed by atoms with E-state index in [2.05, 4.69) is 13.8 Å². The molecule has 1 fully saturated rings. The fourth-order valence-corrected chi connectivity index (χ4v) is 3.59. The van der Waals surface area contributed by atoms with Crippen LogP contribution in [0.1, 0.15) is 84.5 Å². The van der Waals surface area contributed by atoms with Crippen LogP contribution in [0.25, 0.3) is 0 Å². The molecule has 1 aliphatic carbocycles. The molecule has 0 aromatic heterocycles. The van der Waals surface area contributed by atoms with Gasteiger partial charge in [0.05, 0.1) is 0 Å². The van der Waals surface area contributed by atoms with Crippen molar-refractivity contribution >= 4 is 0 Å². The van der Waals surface area contributed by atoms with Crippen LogP contribution in [0.5, 0.6) is 0 Å². The van der Waals surface area contributed by atoms with Gasteiger partial charge in [-0.1, -0.05) is 71.6 Å². The topological polar surface area (TPSA) is 26.0 Å². The summed E-state index contributed by atoms with van der Waals surface area (Å²) in [6.45, 7) is 5.63. The zero-order chi connectivity index (χ0) is 13.2. The molecule has 1 saturated carbocycles. The Bertz CT molecular complexity index is 190. The molecule has 1 nitrogen and oxygen atoms in total. The van der Waals surface area contributed by atoms with E-state index in [1.165, 1.54) is 70.6 Å². The first-order valence-electron chi connectivity index (χ1n) is 8.48. The van der Waals surface area contributed by atoms with Gasteiger partial charge in [0, 0.05) is 0 Å². The second kappa shape index (κ2) is 9.83. The van der Waals surface area contributed by atoms with E-state index in [1.54, 1.807) is 0 Å². The predicted octanol–water partition coefficient (Wildman–Crippen LogP) is 5.14. The minimum atomic E-state index is 0.835. The Morgan fingerprint density at radius 3 is 2.22 bits per heavy atom. The Morgan fingerprint density at radius 2 is 1.56 bits per heavy atom. The minimum absolute atomic E-state index is 0.835. The third-order valence-corrected chi connectivity index (χ3v) is 4.88. The molecule has 3 unspecified atom stereocenters. The Hall–Kier alpha value is -0.0400. The first-order chi connectivity index (χ1) is 8.77. The highest BCUT2D eigenvalue weighted by Gasteiger charge is 2.26. The molecule has 108 valence electrons. The van der Waals surface area contributed by atoms with Gasteiger partial charge in [0.1, 0.15) is 0 Å². The lowest BCUT2D eigenvalue weighted by Gasteiger charge is -2.34. The molecule has 0 aromatic rings. The monoisotopic (exact) mass is 253 g/mol. The number of unbranched alkanes of at least 4 members (excludes halogenated alkanes) is 6. The molecule has 0 heterocycles. The van der Waals surface area contributed by atoms with E-state index in [0.29, 0.717) is 0 Å². The summed E-state index contributed by atoms with van der Waals surface area (Å²) in [7, 11) is 0. The van der Waals surface area contributed by atoms with Gasteiger partial charge in [-0.25, -0.2) is 0 Å². The Morgan fingerprint density at radius 1 is 0.889 bits per heavy atom. The van der Waals surface area contributed by atoms with Crippen LogP contribution in [0.15, 0.2) is 0 Å². The van der Waals surface area contributed by atoms with Crippen molar-refractivity contribution < 1.29 is 0 Å². The van der Waals surface area contributed by atoms with Crippen LogP contribution in [-0.4, -0.2) is 6.54 Å². The number of nitrogens with two attached hydrogens (primary N) is 1. The first kappa shape index (κ1) is 16.0. The molecule has 0 amide bonds. The lowest BCUT2D eigenvalue weighted by molar-refractivity contribution is 0.180. The Kier molecular flexibility index (Phi) is 8.75. The highest BCUT2D eigenvalue weighted by atomic mass is 14.6. The van der Waals surface area contributed by atoms with Gasteiger partial charge in [0.15, 0.2) is 0 Å². The van der Waals surface area contributed by atoms with E-state index in [4.69, 9.17) is 5.73 Å². The molecule has 18 heavy (non-hydrogen) atoms. The lowest BCUT2D eigenvalue weighted by atomic mass is 9.72. The molecule has 0 bridgehead atoms. The summed E-state index contributed by atoms with van der Waals surface area (Å²) in [6, 6.07) is 0. The van der Waals surface area contributed by atoms with E-state index in [-0.39, 0.29) is 0 Å². The van der Waals surface area contributed by atoms with Crippen LogP contribution < -0.4 is 5.73 Å². The zero-order valence-electron chi connectivity index (χ0n) is 12.8. The summed E-state index contributed by atoms with van der Waals surface area (Å²) in [6.07, 6.45) is 15.7. The number of hydrogen-bond donors (Lipinski definition) is 1. The summed E-state index contributed by atoms with van der Waals surface area (Å²) in [5.74, 6) is 2.72. The van der Waals surface area contributed by atoms with Gasteiger partial charge in [-0.2, -0.15) is 0 Å². The van der Waals surface area contributed by atoms with Crippen LogP contribution in [0.2, 0.25) is 0 Å². The fraction of sp³-hybridized carbons (Fsp3) is 1.00. The Balaban J connectivity index is 2.05. The van der Waals surface area contributed by atoms with Crippen molar-refractivity contribution in [3.63, 3.8) is 0 Å². The maximum atomic E-state index is 5.92. The van der Waals surface area contributed by atoms with Crippen molar-refractivity contribution in [2.45, 2.75) is 84.5 Å². The van der Waals surface area contributed by atoms with Gasteiger partial charge in [-0.15, -0.1) is 0 Å². The Labute approximate surface area is 115 Å². The molecule has 0 radical (unpaired) electrons. The predicted molar refractivity (Wildman–Crippen MR) is 81.7 cm³/mol. The number of hydrogen-bond acceptors (Lipinski definition) is 1. The zero-order valence-corrected chi connectivity index (χ0v) is 12.8. The minimum Gasteiger partial charge on any atom is -0.330 e. The van der Waals surface area contributed by atoms with E-state index in [9.17, 15) is 0 Å². The quantitative estimate of drug-likeness (QED) is 0.566. The molecule has 1 heteroatoms. The highest BCUT2D eigenvalue weighted by Crippen LogP contribution is 2.36. The summed E-state index contributed by atoms with van der Waals surface area (Å²) >= 11 is 0. The van der Waals surface area contributed by atoms with Gasteiger partial charge in [0.25, 0.3) is 0 Å². The van der Waals surface area contributed by atoms with Gasteiger partial charge >= 0.3 is 0 Å². The normalized spacial score (nSPS) is 28.5. The molecule has 1 aliphatic rings. The summed E-state index contributed by atoms with van der Waals surface area (Å²) in [5.41, 5.74) is 5.92. The molecular weight excluding hydrogens is 218 g/mol. The van der Waals surface area contributed by atoms with Gasteiger partial charge < -0.3 is 5.73 Å². The van der Waals surface area contributed by atoms with Gasteiger partial charge in [-0.3, -0.25) is 0 Å². The van der Waals surface area contributed by atoms with Crippen molar-refractivity contribution in [1.29, 1.82) is 0 Å². The third-order valence-electron chi connectivity index (χ3n) is 4.88. The van der Waals surface area contributed by atoms with Crippen molar-refractivity contribution in [2.75, 3.05) is 6.54 Å². The molecule has 0 spiro atoms. The highest BCUT2D eigenvalue weighted by molar-refractivity contribution is 4.79.